The molecule has 1 fully saturated rings. The molecule has 0 unspecified atom stereocenters. The number of hydrogen-bond acceptors (Lipinski definition) is 2. The van der Waals surface area contributed by atoms with Gasteiger partial charge >= 0.3 is 0 Å². The molecule has 64 valence electrons. The molecule has 0 aromatic heterocycles. The van der Waals surface area contributed by atoms with E-state index in [-0.39, 0.29) is 5.41 Å². The van der Waals surface area contributed by atoms with Crippen LogP contribution in [0, 0.1) is 34.0 Å². The molecule has 0 bridgehead atoms. The van der Waals surface area contributed by atoms with Crippen LogP contribution in [0.25, 0.3) is 0 Å². The Bertz CT molecular complexity index is 223. The van der Waals surface area contributed by atoms with Crippen LogP contribution in [0.5, 0.6) is 0 Å². The number of hydrogen-bond donors (Lipinski definition) is 0. The zero-order chi connectivity index (χ0) is 9.03. The van der Waals surface area contributed by atoms with E-state index in [1.165, 1.54) is 0 Å². The molecule has 1 aliphatic rings. The van der Waals surface area contributed by atoms with Crippen LogP contribution in [-0.2, 0) is 0 Å². The van der Waals surface area contributed by atoms with Gasteiger partial charge in [0.25, 0.3) is 0 Å². The summed E-state index contributed by atoms with van der Waals surface area (Å²) in [5.74, 6) is 0.741. The summed E-state index contributed by atoms with van der Waals surface area (Å²) < 4.78 is 0. The molecule has 0 spiro atoms. The molecule has 12 heavy (non-hydrogen) atoms. The Kier molecular flexibility index (Phi) is 2.71. The van der Waals surface area contributed by atoms with Crippen molar-refractivity contribution in [3.05, 3.63) is 0 Å². The van der Waals surface area contributed by atoms with Gasteiger partial charge in [-0.05, 0) is 31.6 Å². The summed E-state index contributed by atoms with van der Waals surface area (Å²) in [5, 5.41) is 17.5. The van der Waals surface area contributed by atoms with Crippen LogP contribution in [0.3, 0.4) is 0 Å². The monoisotopic (exact) mass is 162 g/mol. The van der Waals surface area contributed by atoms with Crippen LogP contribution in [0.1, 0.15) is 39.0 Å². The Morgan fingerprint density at radius 3 is 2.33 bits per heavy atom. The highest BCUT2D eigenvalue weighted by Gasteiger charge is 2.33. The van der Waals surface area contributed by atoms with E-state index in [1.54, 1.807) is 0 Å². The second kappa shape index (κ2) is 3.59. The summed E-state index contributed by atoms with van der Waals surface area (Å²) in [6, 6.07) is 4.44. The van der Waals surface area contributed by atoms with Crippen molar-refractivity contribution >= 4 is 0 Å². The summed E-state index contributed by atoms with van der Waals surface area (Å²) in [6.45, 7) is 2.22. The second-order valence-electron chi connectivity index (χ2n) is 3.91. The highest BCUT2D eigenvalue weighted by Crippen LogP contribution is 2.40. The third kappa shape index (κ3) is 1.77. The van der Waals surface area contributed by atoms with Crippen LogP contribution >= 0.6 is 0 Å². The van der Waals surface area contributed by atoms with Gasteiger partial charge < -0.3 is 0 Å². The molecule has 2 heteroatoms. The van der Waals surface area contributed by atoms with E-state index in [4.69, 9.17) is 10.5 Å². The quantitative estimate of drug-likeness (QED) is 0.595. The molecule has 2 nitrogen and oxygen atoms in total. The first-order valence-electron chi connectivity index (χ1n) is 4.51. The average molecular weight is 162 g/mol. The van der Waals surface area contributed by atoms with Gasteiger partial charge in [-0.15, -0.1) is 0 Å². The molecule has 0 N–H and O–H groups in total. The molecule has 0 atom stereocenters. The zero-order valence-electron chi connectivity index (χ0n) is 7.51. The Balaban J connectivity index is 2.60. The first-order chi connectivity index (χ1) is 5.72. The largest absolute Gasteiger partial charge is 0.198 e. The molecule has 0 aromatic rings. The van der Waals surface area contributed by atoms with Crippen molar-refractivity contribution in [2.75, 3.05) is 0 Å². The lowest BCUT2D eigenvalue weighted by atomic mass is 9.70. The second-order valence-corrected chi connectivity index (χ2v) is 3.91. The fraction of sp³-hybridized carbons (Fsp3) is 0.800. The van der Waals surface area contributed by atoms with Gasteiger partial charge in [-0.1, -0.05) is 6.92 Å². The van der Waals surface area contributed by atoms with E-state index < -0.39 is 0 Å². The van der Waals surface area contributed by atoms with Gasteiger partial charge in [-0.25, -0.2) is 0 Å². The minimum Gasteiger partial charge on any atom is -0.198 e. The molecular weight excluding hydrogens is 148 g/mol. The summed E-state index contributed by atoms with van der Waals surface area (Å²) in [4.78, 5) is 0. The predicted octanol–water partition coefficient (Wildman–Crippen LogP) is 2.62. The molecule has 0 heterocycles. The third-order valence-corrected chi connectivity index (χ3v) is 2.89. The lowest BCUT2D eigenvalue weighted by molar-refractivity contribution is 0.224. The fourth-order valence-electron chi connectivity index (χ4n) is 1.79. The van der Waals surface area contributed by atoms with Crippen LogP contribution in [0.4, 0.5) is 0 Å². The van der Waals surface area contributed by atoms with E-state index in [1.807, 2.05) is 0 Å². The Hall–Kier alpha value is -1.02. The molecule has 0 aliphatic heterocycles. The van der Waals surface area contributed by atoms with Crippen molar-refractivity contribution in [2.45, 2.75) is 39.0 Å². The highest BCUT2D eigenvalue weighted by molar-refractivity contribution is 5.05. The molecule has 0 aromatic carbocycles. The lowest BCUT2D eigenvalue weighted by Gasteiger charge is -2.31. The van der Waals surface area contributed by atoms with Crippen LogP contribution in [0.2, 0.25) is 0 Å². The van der Waals surface area contributed by atoms with Gasteiger partial charge in [0.05, 0.1) is 24.0 Å². The molecular formula is C10H14N2. The smallest absolute Gasteiger partial charge is 0.0704 e. The van der Waals surface area contributed by atoms with Gasteiger partial charge in [0.2, 0.25) is 0 Å². The van der Waals surface area contributed by atoms with Crippen molar-refractivity contribution in [1.29, 1.82) is 10.5 Å². The van der Waals surface area contributed by atoms with Gasteiger partial charge in [0.15, 0.2) is 0 Å². The maximum atomic E-state index is 8.96. The standard InChI is InChI=1S/C10H14N2/c1-9-2-4-10(8-12,5-3-9)6-7-11/h9H,2-6H2,1H3. The van der Waals surface area contributed by atoms with Crippen LogP contribution in [-0.4, -0.2) is 0 Å². The maximum absolute atomic E-state index is 8.96. The van der Waals surface area contributed by atoms with Crippen molar-refractivity contribution in [1.82, 2.24) is 0 Å². The average Bonchev–Trinajstić information content (AvgIpc) is 2.10. The van der Waals surface area contributed by atoms with Crippen molar-refractivity contribution < 1.29 is 0 Å². The molecule has 1 rings (SSSR count). The first kappa shape index (κ1) is 9.07. The lowest BCUT2D eigenvalue weighted by Crippen LogP contribution is -2.24. The van der Waals surface area contributed by atoms with Gasteiger partial charge in [0, 0.05) is 0 Å². The SMILES string of the molecule is CC1CCC(C#N)(CC#N)CC1. The van der Waals surface area contributed by atoms with Crippen molar-refractivity contribution in [2.24, 2.45) is 11.3 Å². The molecule has 0 saturated heterocycles. The Labute approximate surface area is 73.8 Å². The number of nitriles is 2. The van der Waals surface area contributed by atoms with Crippen LogP contribution in [0.15, 0.2) is 0 Å². The number of nitrogens with zero attached hydrogens (tertiary/aromatic N) is 2. The Morgan fingerprint density at radius 1 is 1.33 bits per heavy atom. The summed E-state index contributed by atoms with van der Waals surface area (Å²) in [6.07, 6.45) is 4.46. The van der Waals surface area contributed by atoms with Crippen molar-refractivity contribution in [3.63, 3.8) is 0 Å². The van der Waals surface area contributed by atoms with E-state index in [9.17, 15) is 0 Å². The predicted molar refractivity (Wildman–Crippen MR) is 45.9 cm³/mol. The van der Waals surface area contributed by atoms with E-state index in [0.29, 0.717) is 6.42 Å². The molecule has 1 saturated carbocycles. The van der Waals surface area contributed by atoms with Crippen molar-refractivity contribution in [3.8, 4) is 12.1 Å². The Morgan fingerprint density at radius 2 is 1.92 bits per heavy atom. The highest BCUT2D eigenvalue weighted by atomic mass is 14.4. The fourth-order valence-corrected chi connectivity index (χ4v) is 1.79. The zero-order valence-corrected chi connectivity index (χ0v) is 7.51. The van der Waals surface area contributed by atoms with E-state index in [0.717, 1.165) is 31.6 Å². The first-order valence-corrected chi connectivity index (χ1v) is 4.51. The van der Waals surface area contributed by atoms with Gasteiger partial charge in [-0.2, -0.15) is 10.5 Å². The third-order valence-electron chi connectivity index (χ3n) is 2.89. The summed E-state index contributed by atoms with van der Waals surface area (Å²) in [7, 11) is 0. The van der Waals surface area contributed by atoms with Gasteiger partial charge in [-0.3, -0.25) is 0 Å². The minimum absolute atomic E-state index is 0.304. The van der Waals surface area contributed by atoms with Gasteiger partial charge in [0.1, 0.15) is 0 Å². The summed E-state index contributed by atoms with van der Waals surface area (Å²) >= 11 is 0. The van der Waals surface area contributed by atoms with E-state index in [2.05, 4.69) is 19.1 Å². The normalized spacial score (nSPS) is 35.1. The molecule has 1 aliphatic carbocycles. The molecule has 0 amide bonds. The topological polar surface area (TPSA) is 47.6 Å². The summed E-state index contributed by atoms with van der Waals surface area (Å²) in [5.41, 5.74) is -0.304. The minimum atomic E-state index is -0.304. The maximum Gasteiger partial charge on any atom is 0.0704 e. The number of rotatable bonds is 1. The molecule has 0 radical (unpaired) electrons. The van der Waals surface area contributed by atoms with E-state index >= 15 is 0 Å². The van der Waals surface area contributed by atoms with Crippen LogP contribution < -0.4 is 0 Å².